The lowest BCUT2D eigenvalue weighted by Crippen LogP contribution is -1.99. The normalized spacial score (nSPS) is 11.4. The van der Waals surface area contributed by atoms with Crippen LogP contribution in [0.3, 0.4) is 0 Å². The topological polar surface area (TPSA) is 56.5 Å². The molecule has 0 aliphatic rings. The second-order valence-electron chi connectivity index (χ2n) is 12.2. The number of rotatable bonds is 6. The maximum atomic E-state index is 5.28. The second kappa shape index (κ2) is 12.0. The van der Waals surface area contributed by atoms with Gasteiger partial charge in [-0.15, -0.1) is 0 Å². The molecule has 232 valence electrons. The summed E-state index contributed by atoms with van der Waals surface area (Å²) in [7, 11) is 0. The zero-order valence-corrected chi connectivity index (χ0v) is 27.0. The summed E-state index contributed by atoms with van der Waals surface area (Å²) in [6.45, 7) is 2.17. The number of fused-ring (bicyclic) bond motifs is 5. The second-order valence-corrected chi connectivity index (χ2v) is 12.2. The molecular weight excluding hydrogens is 599 g/mol. The van der Waals surface area contributed by atoms with Crippen molar-refractivity contribution in [1.82, 2.24) is 24.5 Å². The van der Waals surface area contributed by atoms with Crippen LogP contribution in [-0.2, 0) is 6.42 Å². The first-order chi connectivity index (χ1) is 24.2. The van der Waals surface area contributed by atoms with Gasteiger partial charge in [-0.25, -0.2) is 15.0 Å². The zero-order valence-electron chi connectivity index (χ0n) is 27.0. The summed E-state index contributed by atoms with van der Waals surface area (Å²) >= 11 is 0. The highest BCUT2D eigenvalue weighted by molar-refractivity contribution is 6.19. The first kappa shape index (κ1) is 28.7. The van der Waals surface area contributed by atoms with Crippen LogP contribution >= 0.6 is 0 Å². The minimum absolute atomic E-state index is 0.821. The van der Waals surface area contributed by atoms with Crippen LogP contribution in [0.1, 0.15) is 12.7 Å². The molecular formula is C44H31N5. The summed E-state index contributed by atoms with van der Waals surface area (Å²) in [5.41, 5.74) is 12.5. The molecule has 0 radical (unpaired) electrons. The Morgan fingerprint density at radius 3 is 1.84 bits per heavy atom. The molecule has 0 unspecified atom stereocenters. The Bertz CT molecular complexity index is 2610. The number of para-hydroxylation sites is 2. The smallest absolute Gasteiger partial charge is 0.114 e. The molecule has 0 saturated heterocycles. The largest absolute Gasteiger partial charge is 0.296 e. The summed E-state index contributed by atoms with van der Waals surface area (Å²) in [6.07, 6.45) is 4.41. The quantitative estimate of drug-likeness (QED) is 0.172. The van der Waals surface area contributed by atoms with E-state index in [1.54, 1.807) is 12.4 Å². The Labute approximate surface area is 284 Å². The Kier molecular flexibility index (Phi) is 7.02. The fourth-order valence-corrected chi connectivity index (χ4v) is 6.88. The van der Waals surface area contributed by atoms with Crippen LogP contribution in [0.5, 0.6) is 0 Å². The zero-order chi connectivity index (χ0) is 32.7. The van der Waals surface area contributed by atoms with Gasteiger partial charge in [0.05, 0.1) is 33.6 Å². The third kappa shape index (κ3) is 5.04. The Balaban J connectivity index is 1.12. The lowest BCUT2D eigenvalue weighted by molar-refractivity contribution is 0.908. The third-order valence-electron chi connectivity index (χ3n) is 9.29. The predicted molar refractivity (Wildman–Crippen MR) is 201 cm³/mol. The number of pyridine rings is 3. The Morgan fingerprint density at radius 1 is 0.490 bits per heavy atom. The van der Waals surface area contributed by atoms with E-state index >= 15 is 0 Å². The fraction of sp³-hybridized carbons (Fsp3) is 0.0455. The van der Waals surface area contributed by atoms with Gasteiger partial charge in [0.15, 0.2) is 0 Å². The van der Waals surface area contributed by atoms with Gasteiger partial charge in [-0.1, -0.05) is 104 Å². The van der Waals surface area contributed by atoms with E-state index in [0.717, 1.165) is 95.5 Å². The monoisotopic (exact) mass is 629 g/mol. The molecule has 49 heavy (non-hydrogen) atoms. The molecule has 0 atom stereocenters. The summed E-state index contributed by atoms with van der Waals surface area (Å²) in [4.78, 5) is 19.6. The molecule has 0 aliphatic heterocycles. The first-order valence-corrected chi connectivity index (χ1v) is 16.6. The van der Waals surface area contributed by atoms with E-state index in [-0.39, 0.29) is 0 Å². The summed E-state index contributed by atoms with van der Waals surface area (Å²) in [6, 6.07) is 50.8. The van der Waals surface area contributed by atoms with Crippen molar-refractivity contribution < 1.29 is 0 Å². The van der Waals surface area contributed by atoms with Crippen LogP contribution in [0.15, 0.2) is 158 Å². The Morgan fingerprint density at radius 2 is 1.12 bits per heavy atom. The van der Waals surface area contributed by atoms with E-state index < -0.39 is 0 Å². The number of aryl methyl sites for hydroxylation is 1. The highest BCUT2D eigenvalue weighted by Crippen LogP contribution is 2.39. The molecule has 0 bridgehead atoms. The van der Waals surface area contributed by atoms with Crippen LogP contribution in [0, 0.1) is 0 Å². The molecule has 9 aromatic rings. The van der Waals surface area contributed by atoms with Gasteiger partial charge in [0.1, 0.15) is 5.82 Å². The SMILES string of the molecule is CCc1nc2c3c(-c4ccc(-c5ccc(-c6cccc(-c7ccncc7)n6)cc5)cc4)nc4ccccc4c3ccc2n1-c1ccccc1. The van der Waals surface area contributed by atoms with Crippen molar-refractivity contribution in [3.05, 3.63) is 164 Å². The van der Waals surface area contributed by atoms with E-state index in [0.29, 0.717) is 0 Å². The van der Waals surface area contributed by atoms with Gasteiger partial charge in [-0.3, -0.25) is 9.55 Å². The lowest BCUT2D eigenvalue weighted by atomic mass is 9.96. The van der Waals surface area contributed by atoms with E-state index in [9.17, 15) is 0 Å². The van der Waals surface area contributed by atoms with Crippen molar-refractivity contribution in [2.75, 3.05) is 0 Å². The fourth-order valence-electron chi connectivity index (χ4n) is 6.88. The number of benzene rings is 5. The maximum absolute atomic E-state index is 5.28. The molecule has 0 saturated carbocycles. The summed E-state index contributed by atoms with van der Waals surface area (Å²) < 4.78 is 2.28. The van der Waals surface area contributed by atoms with Crippen LogP contribution < -0.4 is 0 Å². The lowest BCUT2D eigenvalue weighted by Gasteiger charge is -2.12. The minimum atomic E-state index is 0.821. The van der Waals surface area contributed by atoms with Crippen molar-refractivity contribution in [2.24, 2.45) is 0 Å². The number of aromatic nitrogens is 5. The summed E-state index contributed by atoms with van der Waals surface area (Å²) in [5.74, 6) is 1.03. The van der Waals surface area contributed by atoms with E-state index in [4.69, 9.17) is 15.0 Å². The molecule has 9 rings (SSSR count). The van der Waals surface area contributed by atoms with Crippen LogP contribution in [-0.4, -0.2) is 24.5 Å². The molecule has 5 heteroatoms. The van der Waals surface area contributed by atoms with Gasteiger partial charge in [0.2, 0.25) is 0 Å². The number of hydrogen-bond acceptors (Lipinski definition) is 4. The summed E-state index contributed by atoms with van der Waals surface area (Å²) in [5, 5.41) is 3.38. The van der Waals surface area contributed by atoms with Crippen LogP contribution in [0.4, 0.5) is 0 Å². The number of imidazole rings is 1. The van der Waals surface area contributed by atoms with Crippen molar-refractivity contribution in [3.8, 4) is 50.6 Å². The van der Waals surface area contributed by atoms with Crippen LogP contribution in [0.25, 0.3) is 83.3 Å². The van der Waals surface area contributed by atoms with E-state index in [1.807, 2.05) is 18.2 Å². The number of hydrogen-bond donors (Lipinski definition) is 0. The average molecular weight is 630 g/mol. The van der Waals surface area contributed by atoms with E-state index in [1.165, 1.54) is 0 Å². The van der Waals surface area contributed by atoms with Crippen molar-refractivity contribution in [2.45, 2.75) is 13.3 Å². The van der Waals surface area contributed by atoms with Gasteiger partial charge in [0, 0.05) is 52.0 Å². The van der Waals surface area contributed by atoms with Gasteiger partial charge >= 0.3 is 0 Å². The first-order valence-electron chi connectivity index (χ1n) is 16.6. The van der Waals surface area contributed by atoms with Gasteiger partial charge in [-0.2, -0.15) is 0 Å². The highest BCUT2D eigenvalue weighted by atomic mass is 15.1. The highest BCUT2D eigenvalue weighted by Gasteiger charge is 2.19. The Hall–Kier alpha value is -6.46. The minimum Gasteiger partial charge on any atom is -0.296 e. The molecule has 0 N–H and O–H groups in total. The molecule has 0 aliphatic carbocycles. The average Bonchev–Trinajstić information content (AvgIpc) is 3.57. The van der Waals surface area contributed by atoms with Gasteiger partial charge in [-0.05, 0) is 65.0 Å². The molecule has 4 aromatic heterocycles. The molecule has 5 nitrogen and oxygen atoms in total. The molecule has 5 aromatic carbocycles. The van der Waals surface area contributed by atoms with Gasteiger partial charge < -0.3 is 0 Å². The van der Waals surface area contributed by atoms with Crippen molar-refractivity contribution in [1.29, 1.82) is 0 Å². The van der Waals surface area contributed by atoms with Crippen molar-refractivity contribution in [3.63, 3.8) is 0 Å². The predicted octanol–water partition coefficient (Wildman–Crippen LogP) is 10.7. The van der Waals surface area contributed by atoms with E-state index in [2.05, 4.69) is 144 Å². The molecule has 4 heterocycles. The molecule has 0 spiro atoms. The standard InChI is InChI=1S/C44H31N5/c1-2-41-48-44-40(49(41)34-9-4-3-5-10-34)24-23-36-35-11-6-7-12-39(35)47-43(42(36)44)33-21-17-30(18-22-33)29-15-19-31(20-16-29)37-13-8-14-38(46-37)32-25-27-45-28-26-32/h3-28H,2H2,1H3. The number of nitrogens with zero attached hydrogens (tertiary/aromatic N) is 5. The maximum Gasteiger partial charge on any atom is 0.114 e. The van der Waals surface area contributed by atoms with Crippen LogP contribution in [0.2, 0.25) is 0 Å². The molecule has 0 amide bonds. The molecule has 0 fully saturated rings. The third-order valence-corrected chi connectivity index (χ3v) is 9.29. The van der Waals surface area contributed by atoms with Crippen molar-refractivity contribution >= 4 is 32.7 Å². The van der Waals surface area contributed by atoms with Gasteiger partial charge in [0.25, 0.3) is 0 Å².